The normalized spacial score (nSPS) is 15.6. The van der Waals surface area contributed by atoms with Gasteiger partial charge in [-0.3, -0.25) is 4.79 Å². The Balaban J connectivity index is 1.68. The van der Waals surface area contributed by atoms with Crippen molar-refractivity contribution in [2.24, 2.45) is 4.99 Å². The number of aryl methyl sites for hydroxylation is 1. The first-order chi connectivity index (χ1) is 14.0. The minimum absolute atomic E-state index is 0.0380. The molecular formula is C22H19ClFN3O2. The van der Waals surface area contributed by atoms with Gasteiger partial charge in [-0.15, -0.1) is 0 Å². The van der Waals surface area contributed by atoms with Crippen LogP contribution in [0.5, 0.6) is 5.75 Å². The lowest BCUT2D eigenvalue weighted by atomic mass is 10.0. The summed E-state index contributed by atoms with van der Waals surface area (Å²) in [5.74, 6) is 0.0760. The lowest BCUT2D eigenvalue weighted by Gasteiger charge is -2.12. The van der Waals surface area contributed by atoms with Crippen molar-refractivity contribution in [1.29, 1.82) is 0 Å². The molecule has 1 heterocycles. The number of nitrogens with zero attached hydrogens (tertiary/aromatic N) is 3. The Bertz CT molecular complexity index is 1140. The quantitative estimate of drug-likeness (QED) is 0.580. The van der Waals surface area contributed by atoms with E-state index in [4.69, 9.17) is 16.3 Å². The van der Waals surface area contributed by atoms with Crippen LogP contribution in [0.1, 0.15) is 29.0 Å². The molecule has 5 nitrogen and oxygen atoms in total. The van der Waals surface area contributed by atoms with Crippen LogP contribution in [0.2, 0.25) is 5.02 Å². The van der Waals surface area contributed by atoms with Crippen LogP contribution in [0.15, 0.2) is 58.4 Å². The monoisotopic (exact) mass is 411 g/mol. The van der Waals surface area contributed by atoms with Crippen molar-refractivity contribution in [3.05, 3.63) is 86.5 Å². The van der Waals surface area contributed by atoms with Gasteiger partial charge in [0.15, 0.2) is 0 Å². The third-order valence-corrected chi connectivity index (χ3v) is 5.34. The molecule has 3 aromatic rings. The number of methoxy groups -OCH3 is 1. The number of hydrogen-bond acceptors (Lipinski definition) is 4. The van der Waals surface area contributed by atoms with Gasteiger partial charge in [0.05, 0.1) is 24.9 Å². The summed E-state index contributed by atoms with van der Waals surface area (Å²) in [6.07, 6.45) is 5.37. The maximum Gasteiger partial charge on any atom is 0.316 e. The molecule has 1 atom stereocenters. The molecule has 1 aliphatic rings. The Morgan fingerprint density at radius 1 is 1.34 bits per heavy atom. The molecule has 0 saturated heterocycles. The summed E-state index contributed by atoms with van der Waals surface area (Å²) in [6.45, 7) is 0.317. The molecule has 1 aliphatic carbocycles. The van der Waals surface area contributed by atoms with Crippen molar-refractivity contribution in [2.45, 2.75) is 25.3 Å². The lowest BCUT2D eigenvalue weighted by molar-refractivity contribution is 0.402. The van der Waals surface area contributed by atoms with Gasteiger partial charge >= 0.3 is 5.56 Å². The number of aliphatic imine (C=N–C) groups is 1. The van der Waals surface area contributed by atoms with Gasteiger partial charge in [-0.25, -0.2) is 9.38 Å². The van der Waals surface area contributed by atoms with Crippen LogP contribution in [0, 0.1) is 5.82 Å². The molecule has 7 heteroatoms. The van der Waals surface area contributed by atoms with E-state index in [1.54, 1.807) is 22.9 Å². The second kappa shape index (κ2) is 8.17. The Kier molecular flexibility index (Phi) is 5.45. The van der Waals surface area contributed by atoms with Crippen molar-refractivity contribution in [3.63, 3.8) is 0 Å². The van der Waals surface area contributed by atoms with Gasteiger partial charge in [-0.05, 0) is 41.7 Å². The predicted octanol–water partition coefficient (Wildman–Crippen LogP) is 4.53. The van der Waals surface area contributed by atoms with E-state index >= 15 is 0 Å². The molecular weight excluding hydrogens is 393 g/mol. The average Bonchev–Trinajstić information content (AvgIpc) is 3.14. The van der Waals surface area contributed by atoms with E-state index in [0.29, 0.717) is 6.54 Å². The van der Waals surface area contributed by atoms with Crippen LogP contribution < -0.4 is 10.3 Å². The molecule has 0 N–H and O–H groups in total. The molecule has 0 spiro atoms. The lowest BCUT2D eigenvalue weighted by Crippen LogP contribution is -2.15. The van der Waals surface area contributed by atoms with Gasteiger partial charge < -0.3 is 9.30 Å². The SMILES string of the molecule is COc1cn(Cc2ccc(F)c(Cl)c2)c(N=CC2CCc3ccccc32)nc1=O. The summed E-state index contributed by atoms with van der Waals surface area (Å²) in [7, 11) is 1.41. The minimum Gasteiger partial charge on any atom is -0.490 e. The number of ether oxygens (including phenoxy) is 1. The smallest absolute Gasteiger partial charge is 0.316 e. The van der Waals surface area contributed by atoms with Crippen LogP contribution in [-0.4, -0.2) is 22.9 Å². The Morgan fingerprint density at radius 3 is 2.97 bits per heavy atom. The Morgan fingerprint density at radius 2 is 2.17 bits per heavy atom. The molecule has 29 heavy (non-hydrogen) atoms. The molecule has 1 unspecified atom stereocenters. The van der Waals surface area contributed by atoms with Gasteiger partial charge in [-0.2, -0.15) is 4.98 Å². The number of halogens is 2. The standard InChI is InChI=1S/C22H19ClFN3O2/c1-29-20-13-27(12-14-6-9-19(24)18(23)10-14)22(26-21(20)28)25-11-16-8-7-15-4-2-3-5-17(15)16/h2-6,9-11,13,16H,7-8,12H2,1H3. The minimum atomic E-state index is -0.486. The highest BCUT2D eigenvalue weighted by Crippen LogP contribution is 2.32. The summed E-state index contributed by atoms with van der Waals surface area (Å²) in [4.78, 5) is 20.8. The van der Waals surface area contributed by atoms with Crippen molar-refractivity contribution >= 4 is 23.8 Å². The van der Waals surface area contributed by atoms with E-state index in [1.807, 2.05) is 18.3 Å². The first-order valence-electron chi connectivity index (χ1n) is 9.26. The first kappa shape index (κ1) is 19.3. The first-order valence-corrected chi connectivity index (χ1v) is 9.64. The van der Waals surface area contributed by atoms with Crippen molar-refractivity contribution in [1.82, 2.24) is 9.55 Å². The second-order valence-electron chi connectivity index (χ2n) is 6.91. The summed E-state index contributed by atoms with van der Waals surface area (Å²) in [5, 5.41) is 0.0380. The van der Waals surface area contributed by atoms with Gasteiger partial charge in [0, 0.05) is 12.1 Å². The largest absolute Gasteiger partial charge is 0.490 e. The number of hydrogen-bond donors (Lipinski definition) is 0. The van der Waals surface area contributed by atoms with Crippen LogP contribution in [0.25, 0.3) is 0 Å². The van der Waals surface area contributed by atoms with Gasteiger partial charge in [-0.1, -0.05) is 41.9 Å². The predicted molar refractivity (Wildman–Crippen MR) is 111 cm³/mol. The van der Waals surface area contributed by atoms with Crippen LogP contribution in [-0.2, 0) is 13.0 Å². The van der Waals surface area contributed by atoms with Crippen molar-refractivity contribution in [2.75, 3.05) is 7.11 Å². The van der Waals surface area contributed by atoms with E-state index in [2.05, 4.69) is 22.1 Å². The van der Waals surface area contributed by atoms with Crippen LogP contribution >= 0.6 is 11.6 Å². The van der Waals surface area contributed by atoms with Crippen LogP contribution in [0.4, 0.5) is 10.3 Å². The summed E-state index contributed by atoms with van der Waals surface area (Å²) < 4.78 is 20.3. The van der Waals surface area contributed by atoms with Crippen LogP contribution in [0.3, 0.4) is 0 Å². The molecule has 0 bridgehead atoms. The molecule has 0 fully saturated rings. The second-order valence-corrected chi connectivity index (χ2v) is 7.32. The number of rotatable bonds is 5. The molecule has 1 aromatic heterocycles. The van der Waals surface area contributed by atoms with E-state index < -0.39 is 11.4 Å². The number of benzene rings is 2. The zero-order chi connectivity index (χ0) is 20.4. The zero-order valence-corrected chi connectivity index (χ0v) is 16.6. The van der Waals surface area contributed by atoms with Crippen molar-refractivity contribution in [3.8, 4) is 5.75 Å². The van der Waals surface area contributed by atoms with Gasteiger partial charge in [0.25, 0.3) is 0 Å². The highest BCUT2D eigenvalue weighted by Gasteiger charge is 2.20. The fourth-order valence-corrected chi connectivity index (χ4v) is 3.76. The maximum absolute atomic E-state index is 13.5. The van der Waals surface area contributed by atoms with E-state index in [-0.39, 0.29) is 22.6 Å². The third kappa shape index (κ3) is 4.07. The average molecular weight is 412 g/mol. The fraction of sp³-hybridized carbons (Fsp3) is 0.227. The van der Waals surface area contributed by atoms with E-state index in [9.17, 15) is 9.18 Å². The highest BCUT2D eigenvalue weighted by atomic mass is 35.5. The third-order valence-electron chi connectivity index (χ3n) is 5.05. The Labute approximate surface area is 172 Å². The zero-order valence-electron chi connectivity index (χ0n) is 15.8. The molecule has 4 rings (SSSR count). The van der Waals surface area contributed by atoms with Gasteiger partial charge in [0.1, 0.15) is 5.82 Å². The van der Waals surface area contributed by atoms with E-state index in [1.165, 1.54) is 24.3 Å². The molecule has 0 saturated carbocycles. The summed E-state index contributed by atoms with van der Waals surface area (Å²) >= 11 is 5.89. The topological polar surface area (TPSA) is 56.5 Å². The summed E-state index contributed by atoms with van der Waals surface area (Å²) in [5.41, 5.74) is 2.85. The van der Waals surface area contributed by atoms with Crippen molar-refractivity contribution < 1.29 is 9.13 Å². The molecule has 0 radical (unpaired) electrons. The maximum atomic E-state index is 13.5. The van der Waals surface area contributed by atoms with E-state index in [0.717, 1.165) is 18.4 Å². The highest BCUT2D eigenvalue weighted by molar-refractivity contribution is 6.30. The Hall–Kier alpha value is -2.99. The van der Waals surface area contributed by atoms with Gasteiger partial charge in [0.2, 0.25) is 11.7 Å². The number of fused-ring (bicyclic) bond motifs is 1. The fourth-order valence-electron chi connectivity index (χ4n) is 3.56. The summed E-state index contributed by atoms with van der Waals surface area (Å²) in [6, 6.07) is 12.8. The molecule has 0 amide bonds. The number of aromatic nitrogens is 2. The molecule has 2 aromatic carbocycles. The molecule has 148 valence electrons. The molecule has 0 aliphatic heterocycles.